The second-order valence-corrected chi connectivity index (χ2v) is 4.13. The fraction of sp³-hybridized carbons (Fsp3) is 0.700. The molecule has 9 heteroatoms. The van der Waals surface area contributed by atoms with Crippen LogP contribution in [0.2, 0.25) is 0 Å². The lowest BCUT2D eigenvalue weighted by molar-refractivity contribution is -0.119. The molecule has 0 aliphatic rings. The molecule has 1 heterocycles. The van der Waals surface area contributed by atoms with E-state index in [2.05, 4.69) is 20.3 Å². The summed E-state index contributed by atoms with van der Waals surface area (Å²) in [5.74, 6) is 0.0435. The van der Waals surface area contributed by atoms with Gasteiger partial charge in [-0.15, -0.1) is 0 Å². The Hall–Kier alpha value is -1.80. The zero-order valence-corrected chi connectivity index (χ0v) is 11.1. The Morgan fingerprint density at radius 2 is 1.89 bits per heavy atom. The van der Waals surface area contributed by atoms with E-state index in [4.69, 9.17) is 4.74 Å². The maximum absolute atomic E-state index is 12.3. The molecule has 1 aromatic heterocycles. The van der Waals surface area contributed by atoms with E-state index < -0.39 is 12.7 Å². The van der Waals surface area contributed by atoms with Gasteiger partial charge in [0.2, 0.25) is 11.9 Å². The average molecular weight is 279 g/mol. The molecule has 1 N–H and O–H groups in total. The summed E-state index contributed by atoms with van der Waals surface area (Å²) in [5, 5.41) is 2.65. The van der Waals surface area contributed by atoms with Crippen molar-refractivity contribution in [3.63, 3.8) is 0 Å². The summed E-state index contributed by atoms with van der Waals surface area (Å²) in [6.45, 7) is 2.38. The Morgan fingerprint density at radius 1 is 1.26 bits per heavy atom. The first kappa shape index (κ1) is 15.3. The standard InChI is InChI=1S/C10H16F3N5O/c1-6(2)19-9-16-7(14-3)15-8(17-9)18(4)5-10(11,12)13/h6H,5H2,1-4H3,(H,14,15,16,17). The number of anilines is 2. The second-order valence-electron chi connectivity index (χ2n) is 4.13. The van der Waals surface area contributed by atoms with Crippen molar-refractivity contribution in [1.82, 2.24) is 15.0 Å². The molecule has 0 aromatic carbocycles. The fourth-order valence-corrected chi connectivity index (χ4v) is 1.23. The molecule has 0 aliphatic heterocycles. The molecule has 0 saturated carbocycles. The Labute approximate surface area is 109 Å². The smallest absolute Gasteiger partial charge is 0.406 e. The van der Waals surface area contributed by atoms with E-state index in [9.17, 15) is 13.2 Å². The van der Waals surface area contributed by atoms with E-state index in [0.29, 0.717) is 0 Å². The van der Waals surface area contributed by atoms with Crippen LogP contribution in [0.15, 0.2) is 0 Å². The van der Waals surface area contributed by atoms with Crippen LogP contribution in [0.3, 0.4) is 0 Å². The summed E-state index contributed by atoms with van der Waals surface area (Å²) < 4.78 is 42.2. The molecule has 0 saturated heterocycles. The third-order valence-electron chi connectivity index (χ3n) is 1.93. The zero-order valence-electron chi connectivity index (χ0n) is 11.1. The van der Waals surface area contributed by atoms with Crippen LogP contribution in [0.5, 0.6) is 6.01 Å². The van der Waals surface area contributed by atoms with Gasteiger partial charge < -0.3 is 15.0 Å². The molecular weight excluding hydrogens is 263 g/mol. The molecule has 0 bridgehead atoms. The molecule has 0 amide bonds. The van der Waals surface area contributed by atoms with Gasteiger partial charge in [-0.3, -0.25) is 0 Å². The summed E-state index contributed by atoms with van der Waals surface area (Å²) >= 11 is 0. The topological polar surface area (TPSA) is 63.2 Å². The monoisotopic (exact) mass is 279 g/mol. The fourth-order valence-electron chi connectivity index (χ4n) is 1.23. The van der Waals surface area contributed by atoms with Crippen LogP contribution in [0.4, 0.5) is 25.1 Å². The van der Waals surface area contributed by atoms with Crippen molar-refractivity contribution in [2.75, 3.05) is 30.9 Å². The normalized spacial score (nSPS) is 11.6. The number of hydrogen-bond acceptors (Lipinski definition) is 6. The highest BCUT2D eigenvalue weighted by Crippen LogP contribution is 2.20. The third kappa shape index (κ3) is 5.14. The molecule has 1 rings (SSSR count). The Morgan fingerprint density at radius 3 is 2.37 bits per heavy atom. The van der Waals surface area contributed by atoms with Crippen LogP contribution in [-0.2, 0) is 0 Å². The van der Waals surface area contributed by atoms with Crippen LogP contribution >= 0.6 is 0 Å². The van der Waals surface area contributed by atoms with Gasteiger partial charge >= 0.3 is 12.2 Å². The van der Waals surface area contributed by atoms with Gasteiger partial charge in [-0.05, 0) is 13.8 Å². The predicted molar refractivity (Wildman–Crippen MR) is 64.5 cm³/mol. The SMILES string of the molecule is CNc1nc(OC(C)C)nc(N(C)CC(F)(F)F)n1. The summed E-state index contributed by atoms with van der Waals surface area (Å²) in [7, 11) is 2.81. The lowest BCUT2D eigenvalue weighted by Gasteiger charge is -2.19. The Balaban J connectivity index is 2.99. The van der Waals surface area contributed by atoms with Crippen LogP contribution < -0.4 is 15.0 Å². The first-order chi connectivity index (χ1) is 8.71. The molecule has 0 spiro atoms. The summed E-state index contributed by atoms with van der Waals surface area (Å²) in [4.78, 5) is 12.5. The van der Waals surface area contributed by atoms with Gasteiger partial charge in [0.05, 0.1) is 6.10 Å². The Kier molecular flexibility index (Phi) is 4.73. The molecule has 0 atom stereocenters. The molecule has 6 nitrogen and oxygen atoms in total. The van der Waals surface area contributed by atoms with Gasteiger partial charge in [-0.1, -0.05) is 0 Å². The average Bonchev–Trinajstić information content (AvgIpc) is 2.25. The summed E-state index contributed by atoms with van der Waals surface area (Å²) in [6, 6.07) is -0.0154. The van der Waals surface area contributed by atoms with Gasteiger partial charge in [-0.25, -0.2) is 0 Å². The highest BCUT2D eigenvalue weighted by molar-refractivity contribution is 5.37. The number of alkyl halides is 3. The first-order valence-electron chi connectivity index (χ1n) is 5.59. The van der Waals surface area contributed by atoms with Crippen molar-refractivity contribution < 1.29 is 17.9 Å². The van der Waals surface area contributed by atoms with Crippen molar-refractivity contribution >= 4 is 11.9 Å². The van der Waals surface area contributed by atoms with Gasteiger partial charge in [0.1, 0.15) is 6.54 Å². The van der Waals surface area contributed by atoms with Crippen LogP contribution in [0, 0.1) is 0 Å². The van der Waals surface area contributed by atoms with E-state index in [1.165, 1.54) is 7.05 Å². The molecule has 19 heavy (non-hydrogen) atoms. The summed E-state index contributed by atoms with van der Waals surface area (Å²) in [6.07, 6.45) is -4.52. The van der Waals surface area contributed by atoms with Crippen molar-refractivity contribution in [1.29, 1.82) is 0 Å². The maximum atomic E-state index is 12.3. The molecule has 1 aromatic rings. The van der Waals surface area contributed by atoms with Crippen LogP contribution in [0.1, 0.15) is 13.8 Å². The van der Waals surface area contributed by atoms with E-state index in [-0.39, 0.29) is 24.0 Å². The lowest BCUT2D eigenvalue weighted by Crippen LogP contribution is -2.32. The molecule has 0 aliphatic carbocycles. The minimum atomic E-state index is -4.33. The van der Waals surface area contributed by atoms with E-state index in [1.54, 1.807) is 20.9 Å². The van der Waals surface area contributed by atoms with Crippen molar-refractivity contribution in [2.45, 2.75) is 26.1 Å². The maximum Gasteiger partial charge on any atom is 0.406 e. The van der Waals surface area contributed by atoms with E-state index in [1.807, 2.05) is 0 Å². The van der Waals surface area contributed by atoms with Crippen molar-refractivity contribution in [2.24, 2.45) is 0 Å². The molecule has 108 valence electrons. The number of nitrogens with zero attached hydrogens (tertiary/aromatic N) is 4. The summed E-state index contributed by atoms with van der Waals surface area (Å²) in [5.41, 5.74) is 0. The predicted octanol–water partition coefficient (Wildman–Crippen LogP) is 1.70. The van der Waals surface area contributed by atoms with Crippen molar-refractivity contribution in [3.05, 3.63) is 0 Å². The molecule has 0 unspecified atom stereocenters. The number of ether oxygens (including phenoxy) is 1. The lowest BCUT2D eigenvalue weighted by atomic mass is 10.5. The van der Waals surface area contributed by atoms with Crippen molar-refractivity contribution in [3.8, 4) is 6.01 Å². The van der Waals surface area contributed by atoms with Crippen LogP contribution in [0.25, 0.3) is 0 Å². The number of aromatic nitrogens is 3. The first-order valence-corrected chi connectivity index (χ1v) is 5.59. The minimum absolute atomic E-state index is 0.0154. The number of nitrogens with one attached hydrogen (secondary N) is 1. The van der Waals surface area contributed by atoms with Gasteiger partial charge in [0.25, 0.3) is 0 Å². The van der Waals surface area contributed by atoms with E-state index in [0.717, 1.165) is 4.90 Å². The van der Waals surface area contributed by atoms with Gasteiger partial charge in [0, 0.05) is 14.1 Å². The van der Waals surface area contributed by atoms with Crippen LogP contribution in [-0.4, -0.2) is 47.9 Å². The number of rotatable bonds is 5. The Bertz CT molecular complexity index is 424. The second kappa shape index (κ2) is 5.89. The van der Waals surface area contributed by atoms with E-state index >= 15 is 0 Å². The quantitative estimate of drug-likeness (QED) is 0.885. The highest BCUT2D eigenvalue weighted by atomic mass is 19.4. The molecular formula is C10H16F3N5O. The number of hydrogen-bond donors (Lipinski definition) is 1. The van der Waals surface area contributed by atoms with Gasteiger partial charge in [0.15, 0.2) is 0 Å². The zero-order chi connectivity index (χ0) is 14.6. The molecule has 0 fully saturated rings. The minimum Gasteiger partial charge on any atom is -0.461 e. The molecule has 0 radical (unpaired) electrons. The number of halogens is 3. The third-order valence-corrected chi connectivity index (χ3v) is 1.93. The largest absolute Gasteiger partial charge is 0.461 e. The van der Waals surface area contributed by atoms with Gasteiger partial charge in [-0.2, -0.15) is 28.1 Å². The highest BCUT2D eigenvalue weighted by Gasteiger charge is 2.30.